The Hall–Kier alpha value is -2.24. The van der Waals surface area contributed by atoms with Crippen molar-refractivity contribution in [2.75, 3.05) is 30.4 Å². The first-order valence-corrected chi connectivity index (χ1v) is 7.37. The Balaban J connectivity index is 2.02. The first-order valence-electron chi connectivity index (χ1n) is 7.37. The number of aromatic nitrogens is 4. The molecule has 2 aromatic heterocycles. The van der Waals surface area contributed by atoms with Gasteiger partial charge in [0.25, 0.3) is 0 Å². The van der Waals surface area contributed by atoms with Gasteiger partial charge in [-0.15, -0.1) is 0 Å². The van der Waals surface area contributed by atoms with E-state index in [-0.39, 0.29) is 0 Å². The van der Waals surface area contributed by atoms with Gasteiger partial charge in [0, 0.05) is 38.1 Å². The quantitative estimate of drug-likeness (QED) is 0.932. The molecule has 0 unspecified atom stereocenters. The third kappa shape index (κ3) is 2.94. The van der Waals surface area contributed by atoms with E-state index in [1.807, 2.05) is 26.2 Å². The summed E-state index contributed by atoms with van der Waals surface area (Å²) >= 11 is 0. The molecule has 1 N–H and O–H groups in total. The van der Waals surface area contributed by atoms with Gasteiger partial charge >= 0.3 is 0 Å². The van der Waals surface area contributed by atoms with Crippen LogP contribution in [0.1, 0.15) is 24.8 Å². The van der Waals surface area contributed by atoms with Crippen LogP contribution < -0.4 is 10.2 Å². The molecule has 1 aliphatic heterocycles. The van der Waals surface area contributed by atoms with Crippen molar-refractivity contribution < 1.29 is 0 Å². The van der Waals surface area contributed by atoms with Crippen LogP contribution in [0, 0.1) is 6.92 Å². The molecule has 0 atom stereocenters. The summed E-state index contributed by atoms with van der Waals surface area (Å²) in [7, 11) is 1.83. The van der Waals surface area contributed by atoms with Crippen molar-refractivity contribution in [1.29, 1.82) is 0 Å². The molecule has 0 bridgehead atoms. The third-order valence-corrected chi connectivity index (χ3v) is 3.77. The van der Waals surface area contributed by atoms with E-state index in [0.29, 0.717) is 11.8 Å². The molecular formula is C15H20N6. The minimum Gasteiger partial charge on any atom is -0.357 e. The van der Waals surface area contributed by atoms with Crippen LogP contribution in [0.3, 0.4) is 0 Å². The van der Waals surface area contributed by atoms with E-state index in [2.05, 4.69) is 30.2 Å². The topological polar surface area (TPSA) is 66.8 Å². The Labute approximate surface area is 124 Å². The van der Waals surface area contributed by atoms with Crippen LogP contribution in [0.4, 0.5) is 11.9 Å². The fourth-order valence-corrected chi connectivity index (χ4v) is 2.53. The summed E-state index contributed by atoms with van der Waals surface area (Å²) in [5, 5.41) is 3.03. The predicted molar refractivity (Wildman–Crippen MR) is 83.4 cm³/mol. The molecule has 1 fully saturated rings. The molecule has 2 aromatic rings. The summed E-state index contributed by atoms with van der Waals surface area (Å²) in [5.41, 5.74) is 2.07. The number of rotatable bonds is 3. The fourth-order valence-electron chi connectivity index (χ4n) is 2.53. The van der Waals surface area contributed by atoms with Crippen LogP contribution in [-0.4, -0.2) is 40.1 Å². The van der Waals surface area contributed by atoms with Crippen LogP contribution in [-0.2, 0) is 0 Å². The Morgan fingerprint density at radius 1 is 1.10 bits per heavy atom. The normalized spacial score (nSPS) is 15.0. The Morgan fingerprint density at radius 3 is 2.62 bits per heavy atom. The number of nitrogens with zero attached hydrogens (tertiary/aromatic N) is 5. The van der Waals surface area contributed by atoms with E-state index in [0.717, 1.165) is 30.2 Å². The molecule has 110 valence electrons. The van der Waals surface area contributed by atoms with Crippen molar-refractivity contribution >= 4 is 11.9 Å². The van der Waals surface area contributed by atoms with Crippen LogP contribution in [0.2, 0.25) is 0 Å². The Morgan fingerprint density at radius 2 is 1.90 bits per heavy atom. The van der Waals surface area contributed by atoms with Gasteiger partial charge in [-0.05, 0) is 37.8 Å². The van der Waals surface area contributed by atoms with E-state index in [4.69, 9.17) is 0 Å². The monoisotopic (exact) mass is 284 g/mol. The lowest BCUT2D eigenvalue weighted by Crippen LogP contribution is -2.31. The lowest BCUT2D eigenvalue weighted by Gasteiger charge is -2.27. The largest absolute Gasteiger partial charge is 0.357 e. The van der Waals surface area contributed by atoms with Gasteiger partial charge in [-0.3, -0.25) is 4.98 Å². The molecule has 6 nitrogen and oxygen atoms in total. The standard InChI is InChI=1S/C15H20N6/c1-11-6-7-17-10-12(11)13-18-14(16-2)20-15(19-13)21-8-4-3-5-9-21/h6-7,10H,3-5,8-9H2,1-2H3,(H,16,18,19,20). The van der Waals surface area contributed by atoms with E-state index >= 15 is 0 Å². The van der Waals surface area contributed by atoms with Gasteiger partial charge in [0.1, 0.15) is 0 Å². The SMILES string of the molecule is CNc1nc(-c2cnccc2C)nc(N2CCCCC2)n1. The van der Waals surface area contributed by atoms with Crippen LogP contribution in [0.25, 0.3) is 11.4 Å². The molecule has 0 spiro atoms. The number of piperidine rings is 1. The number of anilines is 2. The van der Waals surface area contributed by atoms with Gasteiger partial charge < -0.3 is 10.2 Å². The van der Waals surface area contributed by atoms with E-state index < -0.39 is 0 Å². The highest BCUT2D eigenvalue weighted by Crippen LogP contribution is 2.23. The van der Waals surface area contributed by atoms with Gasteiger partial charge in [-0.2, -0.15) is 15.0 Å². The average molecular weight is 284 g/mol. The van der Waals surface area contributed by atoms with E-state index in [9.17, 15) is 0 Å². The molecule has 21 heavy (non-hydrogen) atoms. The lowest BCUT2D eigenvalue weighted by atomic mass is 10.1. The Kier molecular flexibility index (Phi) is 3.94. The molecule has 6 heteroatoms. The second kappa shape index (κ2) is 6.03. The first-order chi connectivity index (χ1) is 10.3. The number of hydrogen-bond donors (Lipinski definition) is 1. The molecule has 0 amide bonds. The second-order valence-corrected chi connectivity index (χ2v) is 5.27. The van der Waals surface area contributed by atoms with E-state index in [1.165, 1.54) is 19.3 Å². The van der Waals surface area contributed by atoms with Gasteiger partial charge in [0.15, 0.2) is 5.82 Å². The maximum Gasteiger partial charge on any atom is 0.230 e. The summed E-state index contributed by atoms with van der Waals surface area (Å²) in [5.74, 6) is 2.04. The number of nitrogens with one attached hydrogen (secondary N) is 1. The molecule has 1 saturated heterocycles. The molecule has 3 rings (SSSR count). The maximum absolute atomic E-state index is 4.66. The number of aryl methyl sites for hydroxylation is 1. The van der Waals surface area contributed by atoms with Crippen LogP contribution in [0.5, 0.6) is 0 Å². The maximum atomic E-state index is 4.66. The summed E-state index contributed by atoms with van der Waals surface area (Å²) in [6.07, 6.45) is 7.27. The zero-order chi connectivity index (χ0) is 14.7. The average Bonchev–Trinajstić information content (AvgIpc) is 2.55. The molecule has 0 saturated carbocycles. The lowest BCUT2D eigenvalue weighted by molar-refractivity contribution is 0.568. The van der Waals surface area contributed by atoms with Gasteiger partial charge in [-0.1, -0.05) is 0 Å². The third-order valence-electron chi connectivity index (χ3n) is 3.77. The van der Waals surface area contributed by atoms with Crippen molar-refractivity contribution in [3.05, 3.63) is 24.0 Å². The summed E-state index contributed by atoms with van der Waals surface area (Å²) in [6, 6.07) is 1.97. The Bertz CT molecular complexity index is 621. The van der Waals surface area contributed by atoms with Crippen molar-refractivity contribution in [3.63, 3.8) is 0 Å². The van der Waals surface area contributed by atoms with Crippen LogP contribution in [0.15, 0.2) is 18.5 Å². The zero-order valence-electron chi connectivity index (χ0n) is 12.5. The zero-order valence-corrected chi connectivity index (χ0v) is 12.5. The summed E-state index contributed by atoms with van der Waals surface area (Å²) in [4.78, 5) is 20.1. The summed E-state index contributed by atoms with van der Waals surface area (Å²) in [6.45, 7) is 4.07. The van der Waals surface area contributed by atoms with Crippen molar-refractivity contribution in [2.24, 2.45) is 0 Å². The second-order valence-electron chi connectivity index (χ2n) is 5.27. The molecule has 0 radical (unpaired) electrons. The molecule has 1 aliphatic rings. The number of pyridine rings is 1. The summed E-state index contributed by atoms with van der Waals surface area (Å²) < 4.78 is 0. The minimum atomic E-state index is 0.601. The van der Waals surface area contributed by atoms with Gasteiger partial charge in [0.05, 0.1) is 0 Å². The molecule has 0 aliphatic carbocycles. The highest BCUT2D eigenvalue weighted by atomic mass is 15.3. The van der Waals surface area contributed by atoms with Crippen molar-refractivity contribution in [1.82, 2.24) is 19.9 Å². The predicted octanol–water partition coefficient (Wildman–Crippen LogP) is 2.27. The number of hydrogen-bond acceptors (Lipinski definition) is 6. The van der Waals surface area contributed by atoms with Crippen molar-refractivity contribution in [2.45, 2.75) is 26.2 Å². The highest BCUT2D eigenvalue weighted by Gasteiger charge is 2.17. The van der Waals surface area contributed by atoms with Gasteiger partial charge in [0.2, 0.25) is 11.9 Å². The van der Waals surface area contributed by atoms with Crippen molar-refractivity contribution in [3.8, 4) is 11.4 Å². The smallest absolute Gasteiger partial charge is 0.230 e. The molecule has 3 heterocycles. The van der Waals surface area contributed by atoms with Gasteiger partial charge in [-0.25, -0.2) is 0 Å². The minimum absolute atomic E-state index is 0.601. The van der Waals surface area contributed by atoms with E-state index in [1.54, 1.807) is 6.20 Å². The van der Waals surface area contributed by atoms with Crippen LogP contribution >= 0.6 is 0 Å². The molecule has 0 aromatic carbocycles. The fraction of sp³-hybridized carbons (Fsp3) is 0.467. The first kappa shape index (κ1) is 13.7. The molecular weight excluding hydrogens is 264 g/mol. The highest BCUT2D eigenvalue weighted by molar-refractivity contribution is 5.61.